The first-order valence-electron chi connectivity index (χ1n) is 7.00. The molecule has 0 aromatic heterocycles. The second kappa shape index (κ2) is 7.33. The maximum absolute atomic E-state index is 11.9. The molecule has 0 saturated heterocycles. The van der Waals surface area contributed by atoms with Crippen LogP contribution in [0, 0.1) is 6.92 Å². The number of anilines is 1. The molecule has 0 aliphatic carbocycles. The molecular formula is C17H20N2O2. The lowest BCUT2D eigenvalue weighted by Crippen LogP contribution is -2.28. The first kappa shape index (κ1) is 14.9. The lowest BCUT2D eigenvalue weighted by molar-refractivity contribution is 0.251. The Morgan fingerprint density at radius 2 is 1.90 bits per heavy atom. The van der Waals surface area contributed by atoms with Crippen molar-refractivity contribution >= 4 is 11.7 Å². The molecule has 0 fully saturated rings. The largest absolute Gasteiger partial charge is 0.494 e. The second-order valence-corrected chi connectivity index (χ2v) is 4.75. The molecule has 2 amide bonds. The Balaban J connectivity index is 1.86. The van der Waals surface area contributed by atoms with E-state index in [2.05, 4.69) is 10.6 Å². The van der Waals surface area contributed by atoms with E-state index < -0.39 is 0 Å². The molecule has 0 aliphatic rings. The van der Waals surface area contributed by atoms with Gasteiger partial charge in [0.25, 0.3) is 0 Å². The summed E-state index contributed by atoms with van der Waals surface area (Å²) in [4.78, 5) is 11.9. The van der Waals surface area contributed by atoms with Crippen molar-refractivity contribution < 1.29 is 9.53 Å². The molecule has 0 aliphatic heterocycles. The third-order valence-electron chi connectivity index (χ3n) is 2.98. The minimum Gasteiger partial charge on any atom is -0.494 e. The molecule has 0 spiro atoms. The van der Waals surface area contributed by atoms with Crippen molar-refractivity contribution in [1.82, 2.24) is 5.32 Å². The van der Waals surface area contributed by atoms with Gasteiger partial charge in [0.2, 0.25) is 0 Å². The van der Waals surface area contributed by atoms with E-state index in [4.69, 9.17) is 4.74 Å². The standard InChI is InChI=1S/C17H20N2O2/c1-3-21-16-6-4-5-15(11-16)19-17(20)18-12-14-9-7-13(2)8-10-14/h4-11H,3,12H2,1-2H3,(H2,18,19,20). The van der Waals surface area contributed by atoms with Crippen molar-refractivity contribution in [3.8, 4) is 5.75 Å². The normalized spacial score (nSPS) is 10.0. The molecule has 0 unspecified atom stereocenters. The van der Waals surface area contributed by atoms with Gasteiger partial charge in [-0.25, -0.2) is 4.79 Å². The molecule has 2 N–H and O–H groups in total. The highest BCUT2D eigenvalue weighted by Crippen LogP contribution is 2.17. The zero-order chi connectivity index (χ0) is 15.1. The van der Waals surface area contributed by atoms with E-state index in [0.29, 0.717) is 18.8 Å². The van der Waals surface area contributed by atoms with Gasteiger partial charge in [-0.15, -0.1) is 0 Å². The summed E-state index contributed by atoms with van der Waals surface area (Å²) in [5.41, 5.74) is 2.98. The number of amides is 2. The Hall–Kier alpha value is -2.49. The molecule has 0 atom stereocenters. The lowest BCUT2D eigenvalue weighted by Gasteiger charge is -2.09. The summed E-state index contributed by atoms with van der Waals surface area (Å²) in [6.45, 7) is 5.06. The molecule has 0 bridgehead atoms. The fourth-order valence-electron chi connectivity index (χ4n) is 1.89. The smallest absolute Gasteiger partial charge is 0.319 e. The number of hydrogen-bond acceptors (Lipinski definition) is 2. The molecule has 2 aromatic carbocycles. The predicted molar refractivity (Wildman–Crippen MR) is 84.6 cm³/mol. The number of benzene rings is 2. The topological polar surface area (TPSA) is 50.4 Å². The van der Waals surface area contributed by atoms with Crippen LogP contribution in [0.15, 0.2) is 48.5 Å². The van der Waals surface area contributed by atoms with Crippen LogP contribution in [-0.4, -0.2) is 12.6 Å². The van der Waals surface area contributed by atoms with Crippen molar-refractivity contribution in [3.05, 3.63) is 59.7 Å². The van der Waals surface area contributed by atoms with E-state index in [-0.39, 0.29) is 6.03 Å². The third-order valence-corrected chi connectivity index (χ3v) is 2.98. The number of urea groups is 1. The Bertz CT molecular complexity index is 594. The second-order valence-electron chi connectivity index (χ2n) is 4.75. The fraction of sp³-hybridized carbons (Fsp3) is 0.235. The van der Waals surface area contributed by atoms with Gasteiger partial charge in [0.1, 0.15) is 5.75 Å². The highest BCUT2D eigenvalue weighted by Gasteiger charge is 2.03. The van der Waals surface area contributed by atoms with Crippen molar-refractivity contribution in [1.29, 1.82) is 0 Å². The van der Waals surface area contributed by atoms with Crippen LogP contribution < -0.4 is 15.4 Å². The van der Waals surface area contributed by atoms with Crippen LogP contribution >= 0.6 is 0 Å². The van der Waals surface area contributed by atoms with Crippen LogP contribution in [0.5, 0.6) is 5.75 Å². The average Bonchev–Trinajstić information content (AvgIpc) is 2.47. The monoisotopic (exact) mass is 284 g/mol. The minimum atomic E-state index is -0.232. The molecule has 0 heterocycles. The number of rotatable bonds is 5. The van der Waals surface area contributed by atoms with E-state index in [0.717, 1.165) is 11.3 Å². The van der Waals surface area contributed by atoms with E-state index in [9.17, 15) is 4.79 Å². The molecule has 21 heavy (non-hydrogen) atoms. The van der Waals surface area contributed by atoms with Gasteiger partial charge in [-0.05, 0) is 31.5 Å². The van der Waals surface area contributed by atoms with Gasteiger partial charge in [0, 0.05) is 18.3 Å². The highest BCUT2D eigenvalue weighted by molar-refractivity contribution is 5.89. The number of ether oxygens (including phenoxy) is 1. The SMILES string of the molecule is CCOc1cccc(NC(=O)NCc2ccc(C)cc2)c1. The summed E-state index contributed by atoms with van der Waals surface area (Å²) in [5, 5.41) is 5.62. The maximum atomic E-state index is 11.9. The summed E-state index contributed by atoms with van der Waals surface area (Å²) in [7, 11) is 0. The van der Waals surface area contributed by atoms with Crippen LogP contribution in [0.4, 0.5) is 10.5 Å². The minimum absolute atomic E-state index is 0.232. The summed E-state index contributed by atoms with van der Waals surface area (Å²) in [6, 6.07) is 15.2. The Kier molecular flexibility index (Phi) is 5.21. The Morgan fingerprint density at radius 3 is 2.62 bits per heavy atom. The van der Waals surface area contributed by atoms with Crippen LogP contribution in [-0.2, 0) is 6.54 Å². The van der Waals surface area contributed by atoms with Crippen LogP contribution in [0.1, 0.15) is 18.1 Å². The summed E-state index contributed by atoms with van der Waals surface area (Å²) in [6.07, 6.45) is 0. The van der Waals surface area contributed by atoms with E-state index in [1.807, 2.05) is 56.3 Å². The highest BCUT2D eigenvalue weighted by atomic mass is 16.5. The molecule has 4 heteroatoms. The molecular weight excluding hydrogens is 264 g/mol. The molecule has 0 saturated carbocycles. The van der Waals surface area contributed by atoms with Gasteiger partial charge >= 0.3 is 6.03 Å². The quantitative estimate of drug-likeness (QED) is 0.879. The first-order chi connectivity index (χ1) is 10.2. The van der Waals surface area contributed by atoms with Crippen LogP contribution in [0.2, 0.25) is 0 Å². The van der Waals surface area contributed by atoms with Gasteiger partial charge in [0.05, 0.1) is 6.61 Å². The van der Waals surface area contributed by atoms with E-state index in [1.165, 1.54) is 5.56 Å². The van der Waals surface area contributed by atoms with Crippen LogP contribution in [0.25, 0.3) is 0 Å². The molecule has 2 aromatic rings. The number of aryl methyl sites for hydroxylation is 1. The Morgan fingerprint density at radius 1 is 1.14 bits per heavy atom. The summed E-state index contributed by atoms with van der Waals surface area (Å²) in [5.74, 6) is 0.744. The number of carbonyl (C=O) groups is 1. The number of carbonyl (C=O) groups excluding carboxylic acids is 1. The number of hydrogen-bond donors (Lipinski definition) is 2. The van der Waals surface area contributed by atoms with E-state index >= 15 is 0 Å². The first-order valence-corrected chi connectivity index (χ1v) is 7.00. The maximum Gasteiger partial charge on any atom is 0.319 e. The Labute approximate surface area is 125 Å². The lowest BCUT2D eigenvalue weighted by atomic mass is 10.1. The molecule has 4 nitrogen and oxygen atoms in total. The van der Waals surface area contributed by atoms with Gasteiger partial charge in [0.15, 0.2) is 0 Å². The predicted octanol–water partition coefficient (Wildman–Crippen LogP) is 3.72. The van der Waals surface area contributed by atoms with Crippen molar-refractivity contribution in [3.63, 3.8) is 0 Å². The molecule has 110 valence electrons. The van der Waals surface area contributed by atoms with Crippen molar-refractivity contribution in [2.45, 2.75) is 20.4 Å². The summed E-state index contributed by atoms with van der Waals surface area (Å²) >= 11 is 0. The van der Waals surface area contributed by atoms with Gasteiger partial charge < -0.3 is 15.4 Å². The van der Waals surface area contributed by atoms with Gasteiger partial charge in [-0.3, -0.25) is 0 Å². The van der Waals surface area contributed by atoms with Crippen molar-refractivity contribution in [2.24, 2.45) is 0 Å². The number of nitrogens with one attached hydrogen (secondary N) is 2. The zero-order valence-electron chi connectivity index (χ0n) is 12.3. The summed E-state index contributed by atoms with van der Waals surface area (Å²) < 4.78 is 5.40. The average molecular weight is 284 g/mol. The van der Waals surface area contributed by atoms with Crippen LogP contribution in [0.3, 0.4) is 0 Å². The third kappa shape index (κ3) is 4.84. The molecule has 2 rings (SSSR count). The molecule has 0 radical (unpaired) electrons. The van der Waals surface area contributed by atoms with Gasteiger partial charge in [-0.1, -0.05) is 35.9 Å². The fourth-order valence-corrected chi connectivity index (χ4v) is 1.89. The van der Waals surface area contributed by atoms with Gasteiger partial charge in [-0.2, -0.15) is 0 Å². The van der Waals surface area contributed by atoms with Crippen molar-refractivity contribution in [2.75, 3.05) is 11.9 Å². The van der Waals surface area contributed by atoms with E-state index in [1.54, 1.807) is 6.07 Å². The zero-order valence-corrected chi connectivity index (χ0v) is 12.3.